The lowest BCUT2D eigenvalue weighted by atomic mass is 9.92. The van der Waals surface area contributed by atoms with Crippen molar-refractivity contribution in [3.05, 3.63) is 82.2 Å². The number of hydrogen-bond acceptors (Lipinski definition) is 6. The molecule has 1 aromatic heterocycles. The minimum atomic E-state index is -4.40. The Morgan fingerprint density at radius 1 is 1.13 bits per heavy atom. The van der Waals surface area contributed by atoms with Crippen molar-refractivity contribution in [3.63, 3.8) is 0 Å². The summed E-state index contributed by atoms with van der Waals surface area (Å²) >= 11 is 0. The molecule has 206 valence electrons. The number of alkyl carbamates (subject to hydrolysis) is 1. The number of nitrogens with one attached hydrogen (secondary N) is 1. The summed E-state index contributed by atoms with van der Waals surface area (Å²) in [7, 11) is -2.74. The Balaban J connectivity index is 1.29. The van der Waals surface area contributed by atoms with Gasteiger partial charge in [-0.3, -0.25) is 4.68 Å². The van der Waals surface area contributed by atoms with Crippen molar-refractivity contribution in [2.24, 2.45) is 11.4 Å². The quantitative estimate of drug-likeness (QED) is 0.305. The highest BCUT2D eigenvalue weighted by Gasteiger charge is 2.26. The van der Waals surface area contributed by atoms with Crippen LogP contribution in [0.2, 0.25) is 0 Å². The molecule has 0 saturated heterocycles. The number of carbonyl (C=O) groups excluding carboxylic acids is 1. The van der Waals surface area contributed by atoms with Crippen LogP contribution in [0.3, 0.4) is 0 Å². The average molecular weight is 551 g/mol. The van der Waals surface area contributed by atoms with Crippen LogP contribution < -0.4 is 14.7 Å². The van der Waals surface area contributed by atoms with Crippen LogP contribution >= 0.6 is 0 Å². The molecular weight excluding hydrogens is 518 g/mol. The molecule has 5 rings (SSSR count). The first kappa shape index (κ1) is 26.7. The molecule has 1 amide bonds. The SMILES string of the molecule is Cn1cc(N(CCNC(=O)OCc2ccccc2)S(=O)(=O)/N=C(\[O-])Cc2c3c(cc4c2CCC4)CCC3)cn1. The topological polar surface area (TPSA) is 129 Å². The number of anilines is 1. The number of nitrogens with zero attached hydrogens (tertiary/aromatic N) is 4. The van der Waals surface area contributed by atoms with Crippen LogP contribution in [0.5, 0.6) is 0 Å². The molecular formula is C28H32N5O5S-. The molecule has 2 aromatic carbocycles. The minimum Gasteiger partial charge on any atom is -0.861 e. The van der Waals surface area contributed by atoms with Crippen LogP contribution in [0.25, 0.3) is 0 Å². The molecule has 39 heavy (non-hydrogen) atoms. The molecule has 1 N–H and O–H groups in total. The number of rotatable bonds is 10. The van der Waals surface area contributed by atoms with Gasteiger partial charge in [-0.1, -0.05) is 36.4 Å². The van der Waals surface area contributed by atoms with Crippen molar-refractivity contribution < 1.29 is 23.1 Å². The molecule has 0 bridgehead atoms. The van der Waals surface area contributed by atoms with Crippen molar-refractivity contribution in [2.75, 3.05) is 17.4 Å². The largest absolute Gasteiger partial charge is 0.861 e. The van der Waals surface area contributed by atoms with E-state index in [4.69, 9.17) is 4.74 Å². The van der Waals surface area contributed by atoms with Crippen molar-refractivity contribution >= 4 is 27.9 Å². The van der Waals surface area contributed by atoms with Crippen LogP contribution in [-0.2, 0) is 60.7 Å². The predicted octanol–water partition coefficient (Wildman–Crippen LogP) is 2.38. The van der Waals surface area contributed by atoms with Crippen molar-refractivity contribution in [2.45, 2.75) is 51.6 Å². The highest BCUT2D eigenvalue weighted by atomic mass is 32.2. The van der Waals surface area contributed by atoms with Gasteiger partial charge in [0.25, 0.3) is 0 Å². The first-order valence-electron chi connectivity index (χ1n) is 13.2. The smallest absolute Gasteiger partial charge is 0.407 e. The van der Waals surface area contributed by atoms with E-state index in [0.717, 1.165) is 54.0 Å². The molecule has 0 radical (unpaired) electrons. The summed E-state index contributed by atoms with van der Waals surface area (Å²) in [5.74, 6) is -0.700. The van der Waals surface area contributed by atoms with Crippen LogP contribution in [0.1, 0.15) is 46.2 Å². The van der Waals surface area contributed by atoms with E-state index in [0.29, 0.717) is 0 Å². The van der Waals surface area contributed by atoms with Gasteiger partial charge in [0.1, 0.15) is 6.61 Å². The zero-order valence-corrected chi connectivity index (χ0v) is 22.7. The number of aryl methyl sites for hydroxylation is 3. The second-order valence-electron chi connectivity index (χ2n) is 9.91. The average Bonchev–Trinajstić information content (AvgIpc) is 3.66. The third-order valence-electron chi connectivity index (χ3n) is 7.20. The van der Waals surface area contributed by atoms with Crippen molar-refractivity contribution in [1.29, 1.82) is 0 Å². The van der Waals surface area contributed by atoms with E-state index >= 15 is 0 Å². The third kappa shape index (κ3) is 6.25. The van der Waals surface area contributed by atoms with Gasteiger partial charge in [-0.05, 0) is 77.8 Å². The second-order valence-corrected chi connectivity index (χ2v) is 11.4. The van der Waals surface area contributed by atoms with Gasteiger partial charge in [-0.15, -0.1) is 0 Å². The van der Waals surface area contributed by atoms with E-state index in [2.05, 4.69) is 20.9 Å². The normalized spacial score (nSPS) is 14.6. The van der Waals surface area contributed by atoms with Crippen molar-refractivity contribution in [3.8, 4) is 0 Å². The number of fused-ring (bicyclic) bond motifs is 2. The highest BCUT2D eigenvalue weighted by molar-refractivity contribution is 7.91. The van der Waals surface area contributed by atoms with Gasteiger partial charge in [0, 0.05) is 26.2 Å². The lowest BCUT2D eigenvalue weighted by Crippen LogP contribution is -2.39. The first-order chi connectivity index (χ1) is 18.8. The molecule has 2 aliphatic rings. The Kier molecular flexibility index (Phi) is 7.87. The summed E-state index contributed by atoms with van der Waals surface area (Å²) in [6.07, 6.45) is 8.08. The second kappa shape index (κ2) is 11.5. The molecule has 0 spiro atoms. The van der Waals surface area contributed by atoms with Gasteiger partial charge >= 0.3 is 16.3 Å². The van der Waals surface area contributed by atoms with Gasteiger partial charge in [0.15, 0.2) is 0 Å². The van der Waals surface area contributed by atoms with Crippen LogP contribution in [-0.4, -0.2) is 43.3 Å². The molecule has 3 aromatic rings. The first-order valence-corrected chi connectivity index (χ1v) is 14.6. The maximum atomic E-state index is 13.4. The van der Waals surface area contributed by atoms with E-state index in [1.165, 1.54) is 39.3 Å². The Morgan fingerprint density at radius 2 is 1.82 bits per heavy atom. The van der Waals surface area contributed by atoms with E-state index in [1.54, 1.807) is 7.05 Å². The van der Waals surface area contributed by atoms with E-state index in [9.17, 15) is 18.3 Å². The lowest BCUT2D eigenvalue weighted by molar-refractivity contribution is -0.217. The van der Waals surface area contributed by atoms with Gasteiger partial charge in [0.2, 0.25) is 0 Å². The summed E-state index contributed by atoms with van der Waals surface area (Å²) < 4.78 is 38.0. The molecule has 1 heterocycles. The molecule has 0 unspecified atom stereocenters. The fourth-order valence-electron chi connectivity index (χ4n) is 5.46. The Morgan fingerprint density at radius 3 is 2.46 bits per heavy atom. The standard InChI is InChI=1S/C28H33N5O5S/c1-32-18-23(17-30-32)33(14-13-29-28(35)38-19-20-7-3-2-4-8-20)39(36,37)31-27(34)16-26-24-11-5-9-21(24)15-22-10-6-12-25(22)26/h2-4,7-8,15,17-18H,5-6,9-14,16,19H2,1H3,(H,29,35)(H,31,34)/p-1. The summed E-state index contributed by atoms with van der Waals surface area (Å²) in [6, 6.07) is 11.5. The number of benzene rings is 2. The number of carbonyl (C=O) groups is 1. The van der Waals surface area contributed by atoms with Crippen LogP contribution in [0.4, 0.5) is 10.5 Å². The zero-order chi connectivity index (χ0) is 27.4. The molecule has 2 aliphatic carbocycles. The number of aromatic nitrogens is 2. The molecule has 10 nitrogen and oxygen atoms in total. The van der Waals surface area contributed by atoms with Crippen LogP contribution in [0.15, 0.2) is 53.2 Å². The van der Waals surface area contributed by atoms with E-state index in [1.807, 2.05) is 30.3 Å². The van der Waals surface area contributed by atoms with Gasteiger partial charge in [0.05, 0.1) is 18.4 Å². The maximum absolute atomic E-state index is 13.4. The minimum absolute atomic E-state index is 0.0321. The molecule has 11 heteroatoms. The summed E-state index contributed by atoms with van der Waals surface area (Å²) in [4.78, 5) is 12.2. The fourth-order valence-corrected chi connectivity index (χ4v) is 6.56. The highest BCUT2D eigenvalue weighted by Crippen LogP contribution is 2.35. The Labute approximate surface area is 228 Å². The predicted molar refractivity (Wildman–Crippen MR) is 146 cm³/mol. The van der Waals surface area contributed by atoms with Gasteiger partial charge in [-0.25, -0.2) is 9.10 Å². The number of amides is 1. The Bertz CT molecular complexity index is 1450. The molecule has 0 atom stereocenters. The monoisotopic (exact) mass is 550 g/mol. The fraction of sp³-hybridized carbons (Fsp3) is 0.393. The Hall–Kier alpha value is -3.86. The number of hydrogen-bond donors (Lipinski definition) is 1. The zero-order valence-electron chi connectivity index (χ0n) is 21.9. The molecule has 0 fully saturated rings. The maximum Gasteiger partial charge on any atom is 0.407 e. The molecule has 0 aliphatic heterocycles. The molecule has 0 saturated carbocycles. The van der Waals surface area contributed by atoms with Crippen molar-refractivity contribution in [1.82, 2.24) is 15.1 Å². The van der Waals surface area contributed by atoms with E-state index < -0.39 is 22.2 Å². The summed E-state index contributed by atoms with van der Waals surface area (Å²) in [6.45, 7) is -0.111. The lowest BCUT2D eigenvalue weighted by Gasteiger charge is -2.23. The van der Waals surface area contributed by atoms with Crippen LogP contribution in [0, 0.1) is 0 Å². The van der Waals surface area contributed by atoms with Gasteiger partial charge < -0.3 is 15.2 Å². The van der Waals surface area contributed by atoms with E-state index in [-0.39, 0.29) is 31.8 Å². The van der Waals surface area contributed by atoms with Gasteiger partial charge in [-0.2, -0.15) is 17.9 Å². The number of ether oxygens (including phenoxy) is 1. The summed E-state index contributed by atoms with van der Waals surface area (Å²) in [5.41, 5.74) is 7.00. The third-order valence-corrected chi connectivity index (χ3v) is 8.58. The summed E-state index contributed by atoms with van der Waals surface area (Å²) in [5, 5.41) is 19.7.